The van der Waals surface area contributed by atoms with E-state index in [4.69, 9.17) is 11.0 Å². The highest BCUT2D eigenvalue weighted by Gasteiger charge is 2.16. The Hall–Kier alpha value is -2.16. The first-order valence-corrected chi connectivity index (χ1v) is 6.66. The van der Waals surface area contributed by atoms with Crippen LogP contribution >= 0.6 is 11.3 Å². The van der Waals surface area contributed by atoms with Crippen LogP contribution in [0.25, 0.3) is 0 Å². The third-order valence-corrected chi connectivity index (χ3v) is 3.49. The first-order chi connectivity index (χ1) is 9.20. The number of benzene rings is 1. The molecule has 0 radical (unpaired) electrons. The normalized spacial score (nSPS) is 11.6. The van der Waals surface area contributed by atoms with E-state index >= 15 is 0 Å². The lowest BCUT2D eigenvalue weighted by Gasteiger charge is -2.11. The fourth-order valence-corrected chi connectivity index (χ4v) is 2.40. The second kappa shape index (κ2) is 6.14. The van der Waals surface area contributed by atoms with E-state index in [1.165, 1.54) is 11.3 Å². The van der Waals surface area contributed by atoms with Crippen LogP contribution in [0.15, 0.2) is 41.8 Å². The number of nitrogens with one attached hydrogen (secondary N) is 1. The molecule has 1 heterocycles. The van der Waals surface area contributed by atoms with E-state index in [-0.39, 0.29) is 5.91 Å². The molecule has 1 aromatic heterocycles. The van der Waals surface area contributed by atoms with Gasteiger partial charge in [-0.2, -0.15) is 5.26 Å². The minimum Gasteiger partial charge on any atom is -0.320 e. The molecule has 0 spiro atoms. The van der Waals surface area contributed by atoms with Gasteiger partial charge in [0.05, 0.1) is 11.6 Å². The summed E-state index contributed by atoms with van der Waals surface area (Å²) < 4.78 is 0. The lowest BCUT2D eigenvalue weighted by Crippen LogP contribution is -2.37. The number of rotatable bonds is 4. The molecule has 0 bridgehead atoms. The van der Waals surface area contributed by atoms with Crippen LogP contribution < -0.4 is 11.1 Å². The van der Waals surface area contributed by atoms with E-state index in [1.54, 1.807) is 11.4 Å². The molecule has 5 heteroatoms. The molecule has 0 saturated carbocycles. The average molecular weight is 271 g/mol. The van der Waals surface area contributed by atoms with Gasteiger partial charge in [-0.1, -0.05) is 30.3 Å². The maximum atomic E-state index is 11.9. The predicted molar refractivity (Wildman–Crippen MR) is 75.8 cm³/mol. The van der Waals surface area contributed by atoms with E-state index in [2.05, 4.69) is 5.32 Å². The van der Waals surface area contributed by atoms with Gasteiger partial charge in [-0.25, -0.2) is 0 Å². The summed E-state index contributed by atoms with van der Waals surface area (Å²) in [6, 6.07) is 12.7. The number of nitrogens with zero attached hydrogens (tertiary/aromatic N) is 1. The summed E-state index contributed by atoms with van der Waals surface area (Å²) >= 11 is 1.32. The summed E-state index contributed by atoms with van der Waals surface area (Å²) in [5, 5.41) is 13.9. The van der Waals surface area contributed by atoms with Crippen molar-refractivity contribution in [1.29, 1.82) is 5.26 Å². The fourth-order valence-electron chi connectivity index (χ4n) is 1.66. The van der Waals surface area contributed by atoms with Crippen molar-refractivity contribution in [2.45, 2.75) is 12.5 Å². The molecule has 1 atom stereocenters. The van der Waals surface area contributed by atoms with Crippen molar-refractivity contribution in [1.82, 2.24) is 0 Å². The molecular weight excluding hydrogens is 258 g/mol. The highest BCUT2D eigenvalue weighted by atomic mass is 32.1. The van der Waals surface area contributed by atoms with Crippen molar-refractivity contribution < 1.29 is 4.79 Å². The Bertz CT molecular complexity index is 601. The minimum absolute atomic E-state index is 0.275. The molecule has 2 aromatic rings. The highest BCUT2D eigenvalue weighted by molar-refractivity contribution is 7.14. The molecule has 2 rings (SSSR count). The molecular formula is C14H13N3OS. The van der Waals surface area contributed by atoms with Crippen molar-refractivity contribution in [2.24, 2.45) is 5.73 Å². The van der Waals surface area contributed by atoms with Gasteiger partial charge < -0.3 is 11.1 Å². The van der Waals surface area contributed by atoms with Crippen LogP contribution in [0.1, 0.15) is 11.1 Å². The van der Waals surface area contributed by atoms with E-state index < -0.39 is 6.04 Å². The molecule has 1 aromatic carbocycles. The fraction of sp³-hybridized carbons (Fsp3) is 0.143. The van der Waals surface area contributed by atoms with Crippen LogP contribution in [0.2, 0.25) is 0 Å². The molecule has 96 valence electrons. The first kappa shape index (κ1) is 13.3. The molecule has 4 nitrogen and oxygen atoms in total. The SMILES string of the molecule is N#Cc1ccsc1NC(=O)[C@@H](N)Cc1ccccc1. The predicted octanol–water partition coefficient (Wildman–Crippen LogP) is 2.13. The first-order valence-electron chi connectivity index (χ1n) is 5.78. The van der Waals surface area contributed by atoms with E-state index in [9.17, 15) is 4.79 Å². The van der Waals surface area contributed by atoms with Gasteiger partial charge in [0.1, 0.15) is 11.1 Å². The minimum atomic E-state index is -0.629. The summed E-state index contributed by atoms with van der Waals surface area (Å²) in [5.41, 5.74) is 7.34. The lowest BCUT2D eigenvalue weighted by molar-refractivity contribution is -0.117. The quantitative estimate of drug-likeness (QED) is 0.894. The number of anilines is 1. The van der Waals surface area contributed by atoms with Gasteiger partial charge in [-0.15, -0.1) is 11.3 Å². The van der Waals surface area contributed by atoms with E-state index in [0.717, 1.165) is 5.56 Å². The molecule has 1 amide bonds. The topological polar surface area (TPSA) is 78.9 Å². The molecule has 0 saturated heterocycles. The van der Waals surface area contributed by atoms with E-state index in [0.29, 0.717) is 17.0 Å². The molecule has 0 aliphatic rings. The molecule has 19 heavy (non-hydrogen) atoms. The number of carbonyl (C=O) groups excluding carboxylic acids is 1. The van der Waals surface area contributed by atoms with Gasteiger partial charge in [-0.05, 0) is 23.4 Å². The molecule has 0 aliphatic heterocycles. The molecule has 3 N–H and O–H groups in total. The Morgan fingerprint density at radius 2 is 2.11 bits per heavy atom. The summed E-state index contributed by atoms with van der Waals surface area (Å²) in [6.45, 7) is 0. The smallest absolute Gasteiger partial charge is 0.242 e. The molecule has 0 fully saturated rings. The summed E-state index contributed by atoms with van der Waals surface area (Å²) in [4.78, 5) is 11.9. The Labute approximate surface area is 115 Å². The van der Waals surface area contributed by atoms with Gasteiger partial charge in [0.25, 0.3) is 0 Å². The Balaban J connectivity index is 1.99. The lowest BCUT2D eigenvalue weighted by atomic mass is 10.1. The number of hydrogen-bond donors (Lipinski definition) is 2. The van der Waals surface area contributed by atoms with Crippen molar-refractivity contribution in [3.05, 3.63) is 52.9 Å². The number of nitriles is 1. The Kier molecular flexibility index (Phi) is 4.29. The van der Waals surface area contributed by atoms with Gasteiger partial charge in [0.2, 0.25) is 5.91 Å². The second-order valence-electron chi connectivity index (χ2n) is 4.06. The molecule has 0 unspecified atom stereocenters. The van der Waals surface area contributed by atoms with Crippen molar-refractivity contribution in [2.75, 3.05) is 5.32 Å². The van der Waals surface area contributed by atoms with E-state index in [1.807, 2.05) is 36.4 Å². The van der Waals surface area contributed by atoms with Gasteiger partial charge in [0, 0.05) is 0 Å². The maximum Gasteiger partial charge on any atom is 0.242 e. The largest absolute Gasteiger partial charge is 0.320 e. The Morgan fingerprint density at radius 3 is 2.79 bits per heavy atom. The zero-order valence-corrected chi connectivity index (χ0v) is 11.0. The summed E-state index contributed by atoms with van der Waals surface area (Å²) in [5.74, 6) is -0.275. The van der Waals surface area contributed by atoms with Gasteiger partial charge >= 0.3 is 0 Å². The number of nitrogens with two attached hydrogens (primary N) is 1. The van der Waals surface area contributed by atoms with Gasteiger partial charge in [-0.3, -0.25) is 4.79 Å². The number of amides is 1. The standard InChI is InChI=1S/C14H13N3OS/c15-9-11-6-7-19-14(11)17-13(18)12(16)8-10-4-2-1-3-5-10/h1-7,12H,8,16H2,(H,17,18)/t12-/m0/s1. The summed E-state index contributed by atoms with van der Waals surface area (Å²) in [6.07, 6.45) is 0.472. The van der Waals surface area contributed by atoms with Crippen LogP contribution in [0.3, 0.4) is 0 Å². The average Bonchev–Trinajstić information content (AvgIpc) is 2.87. The number of carbonyl (C=O) groups is 1. The van der Waals surface area contributed by atoms with Crippen molar-refractivity contribution >= 4 is 22.2 Å². The molecule has 0 aliphatic carbocycles. The van der Waals surface area contributed by atoms with Crippen molar-refractivity contribution in [3.8, 4) is 6.07 Å². The van der Waals surface area contributed by atoms with Crippen LogP contribution in [0.4, 0.5) is 5.00 Å². The van der Waals surface area contributed by atoms with Crippen LogP contribution in [0.5, 0.6) is 0 Å². The monoisotopic (exact) mass is 271 g/mol. The second-order valence-corrected chi connectivity index (χ2v) is 4.98. The third-order valence-electron chi connectivity index (χ3n) is 2.66. The number of hydrogen-bond acceptors (Lipinski definition) is 4. The maximum absolute atomic E-state index is 11.9. The Morgan fingerprint density at radius 1 is 1.37 bits per heavy atom. The van der Waals surface area contributed by atoms with Crippen LogP contribution in [0, 0.1) is 11.3 Å². The zero-order valence-electron chi connectivity index (χ0n) is 10.2. The van der Waals surface area contributed by atoms with Crippen molar-refractivity contribution in [3.63, 3.8) is 0 Å². The third kappa shape index (κ3) is 3.41. The van der Waals surface area contributed by atoms with Crippen LogP contribution in [-0.2, 0) is 11.2 Å². The highest BCUT2D eigenvalue weighted by Crippen LogP contribution is 2.22. The summed E-state index contributed by atoms with van der Waals surface area (Å²) in [7, 11) is 0. The number of thiophene rings is 1. The zero-order chi connectivity index (χ0) is 13.7. The van der Waals surface area contributed by atoms with Crippen LogP contribution in [-0.4, -0.2) is 11.9 Å². The van der Waals surface area contributed by atoms with Gasteiger partial charge in [0.15, 0.2) is 0 Å².